The van der Waals surface area contributed by atoms with E-state index in [1.165, 1.54) is 0 Å². The first-order chi connectivity index (χ1) is 10.1. The average molecular weight is 286 g/mol. The molecule has 2 N–H and O–H groups in total. The van der Waals surface area contributed by atoms with Gasteiger partial charge in [0.25, 0.3) is 0 Å². The monoisotopic (exact) mass is 286 g/mol. The van der Waals surface area contributed by atoms with Gasteiger partial charge in [-0.25, -0.2) is 9.66 Å². The van der Waals surface area contributed by atoms with Crippen molar-refractivity contribution in [2.75, 3.05) is 51.0 Å². The van der Waals surface area contributed by atoms with Gasteiger partial charge >= 0.3 is 0 Å². The zero-order chi connectivity index (χ0) is 15.0. The number of nitrogens with two attached hydrogens (primary N) is 1. The smallest absolute Gasteiger partial charge is 0.190 e. The van der Waals surface area contributed by atoms with Gasteiger partial charge in [-0.1, -0.05) is 6.07 Å². The van der Waals surface area contributed by atoms with Crippen LogP contribution >= 0.6 is 0 Å². The fourth-order valence-corrected chi connectivity index (χ4v) is 2.75. The van der Waals surface area contributed by atoms with Gasteiger partial charge in [-0.15, -0.1) is 0 Å². The number of hydrogen-bond donors (Lipinski definition) is 1. The molecule has 1 aromatic heterocycles. The topological polar surface area (TPSA) is 62.7 Å². The molecule has 3 rings (SSSR count). The van der Waals surface area contributed by atoms with Crippen LogP contribution in [0.3, 0.4) is 0 Å². The molecule has 0 aliphatic carbocycles. The molecular formula is C15H22N6. The number of rotatable bonds is 1. The van der Waals surface area contributed by atoms with Gasteiger partial charge < -0.3 is 15.6 Å². The second kappa shape index (κ2) is 5.37. The Bertz CT molecular complexity index is 725. The van der Waals surface area contributed by atoms with Crippen LogP contribution in [0.1, 0.15) is 5.56 Å². The molecule has 0 spiro atoms. The molecule has 0 saturated carbocycles. The van der Waals surface area contributed by atoms with Gasteiger partial charge in [0.15, 0.2) is 11.3 Å². The Labute approximate surface area is 124 Å². The summed E-state index contributed by atoms with van der Waals surface area (Å²) in [7, 11) is 3.91. The minimum Gasteiger partial charge on any atom is -0.351 e. The number of benzene rings is 1. The lowest BCUT2D eigenvalue weighted by molar-refractivity contribution is 0.311. The minimum atomic E-state index is 0.734. The van der Waals surface area contributed by atoms with Crippen LogP contribution in [0, 0.1) is 6.92 Å². The summed E-state index contributed by atoms with van der Waals surface area (Å²) in [6.07, 6.45) is 0. The van der Waals surface area contributed by atoms with Crippen LogP contribution in [0.25, 0.3) is 11.0 Å². The SMILES string of the molecule is CN=c1c(N2CCN(C)CC2)nc2ccc(C)cc2n1N. The summed E-state index contributed by atoms with van der Waals surface area (Å²) in [5.41, 5.74) is 3.72. The van der Waals surface area contributed by atoms with Crippen LogP contribution in [0.15, 0.2) is 23.2 Å². The summed E-state index contributed by atoms with van der Waals surface area (Å²) >= 11 is 0. The number of nitrogens with zero attached hydrogens (tertiary/aromatic N) is 5. The Hall–Kier alpha value is -2.08. The molecule has 0 unspecified atom stereocenters. The summed E-state index contributed by atoms with van der Waals surface area (Å²) in [6, 6.07) is 6.13. The van der Waals surface area contributed by atoms with Gasteiger partial charge in [-0.2, -0.15) is 0 Å². The lowest BCUT2D eigenvalue weighted by atomic mass is 10.2. The molecule has 1 saturated heterocycles. The third-order valence-corrected chi connectivity index (χ3v) is 4.06. The molecule has 6 nitrogen and oxygen atoms in total. The van der Waals surface area contributed by atoms with Gasteiger partial charge in [0.05, 0.1) is 11.0 Å². The van der Waals surface area contributed by atoms with Gasteiger partial charge in [0, 0.05) is 33.2 Å². The van der Waals surface area contributed by atoms with Crippen LogP contribution in [0.4, 0.5) is 5.82 Å². The second-order valence-electron chi connectivity index (χ2n) is 5.64. The van der Waals surface area contributed by atoms with Crippen molar-refractivity contribution in [3.63, 3.8) is 0 Å². The van der Waals surface area contributed by atoms with E-state index in [1.807, 2.05) is 12.1 Å². The van der Waals surface area contributed by atoms with Crippen molar-refractivity contribution in [2.24, 2.45) is 4.99 Å². The highest BCUT2D eigenvalue weighted by molar-refractivity contribution is 5.77. The summed E-state index contributed by atoms with van der Waals surface area (Å²) in [5.74, 6) is 7.16. The van der Waals surface area contributed by atoms with Crippen molar-refractivity contribution in [3.05, 3.63) is 29.3 Å². The number of piperazine rings is 1. The Balaban J connectivity index is 2.16. The molecule has 6 heteroatoms. The highest BCUT2D eigenvalue weighted by atomic mass is 15.3. The molecule has 2 aromatic rings. The summed E-state index contributed by atoms with van der Waals surface area (Å²) in [6.45, 7) is 6.01. The van der Waals surface area contributed by atoms with Crippen LogP contribution in [0.5, 0.6) is 0 Å². The molecule has 1 aliphatic heterocycles. The van der Waals surface area contributed by atoms with Gasteiger partial charge in [0.2, 0.25) is 0 Å². The highest BCUT2D eigenvalue weighted by Gasteiger charge is 2.19. The van der Waals surface area contributed by atoms with E-state index < -0.39 is 0 Å². The van der Waals surface area contributed by atoms with E-state index in [9.17, 15) is 0 Å². The first kappa shape index (κ1) is 13.9. The molecule has 0 atom stereocenters. The fourth-order valence-electron chi connectivity index (χ4n) is 2.75. The maximum atomic E-state index is 6.28. The van der Waals surface area contributed by atoms with Crippen LogP contribution in [-0.2, 0) is 0 Å². The second-order valence-corrected chi connectivity index (χ2v) is 5.64. The van der Waals surface area contributed by atoms with Gasteiger partial charge in [-0.3, -0.25) is 4.99 Å². The molecule has 1 fully saturated rings. The number of nitrogen functional groups attached to an aromatic ring is 1. The Morgan fingerprint density at radius 2 is 1.90 bits per heavy atom. The summed E-state index contributed by atoms with van der Waals surface area (Å²) in [5, 5.41) is 0. The predicted molar refractivity (Wildman–Crippen MR) is 85.8 cm³/mol. The van der Waals surface area contributed by atoms with E-state index in [0.717, 1.165) is 54.1 Å². The van der Waals surface area contributed by atoms with Crippen molar-refractivity contribution in [2.45, 2.75) is 6.92 Å². The quantitative estimate of drug-likeness (QED) is 0.768. The van der Waals surface area contributed by atoms with Crippen LogP contribution in [0.2, 0.25) is 0 Å². The van der Waals surface area contributed by atoms with Crippen molar-refractivity contribution in [1.82, 2.24) is 14.6 Å². The van der Waals surface area contributed by atoms with E-state index in [0.29, 0.717) is 0 Å². The Kier molecular flexibility index (Phi) is 3.55. The maximum Gasteiger partial charge on any atom is 0.190 e. The lowest BCUT2D eigenvalue weighted by Gasteiger charge is -2.33. The summed E-state index contributed by atoms with van der Waals surface area (Å²) < 4.78 is 1.66. The standard InChI is InChI=1S/C15H22N6/c1-11-4-5-12-13(10-11)21(16)14(17-2)15(18-12)20-8-6-19(3)7-9-20/h4-5,10H,6-9,16H2,1-3H3. The maximum absolute atomic E-state index is 6.28. The van der Waals surface area contributed by atoms with E-state index >= 15 is 0 Å². The number of aryl methyl sites for hydroxylation is 1. The molecule has 1 aromatic carbocycles. The molecule has 0 amide bonds. The third-order valence-electron chi connectivity index (χ3n) is 4.06. The Morgan fingerprint density at radius 1 is 1.19 bits per heavy atom. The Morgan fingerprint density at radius 3 is 2.57 bits per heavy atom. The van der Waals surface area contributed by atoms with Crippen LogP contribution in [-0.4, -0.2) is 54.8 Å². The number of aromatic nitrogens is 2. The molecule has 0 radical (unpaired) electrons. The normalized spacial score (nSPS) is 17.7. The van der Waals surface area contributed by atoms with E-state index in [-0.39, 0.29) is 0 Å². The zero-order valence-corrected chi connectivity index (χ0v) is 12.9. The third kappa shape index (κ3) is 2.47. The lowest BCUT2D eigenvalue weighted by Crippen LogP contribution is -2.48. The molecule has 21 heavy (non-hydrogen) atoms. The number of anilines is 1. The highest BCUT2D eigenvalue weighted by Crippen LogP contribution is 2.16. The molecule has 2 heterocycles. The first-order valence-corrected chi connectivity index (χ1v) is 7.25. The number of likely N-dealkylation sites (N-methyl/N-ethyl adjacent to an activating group) is 1. The molecule has 0 bridgehead atoms. The van der Waals surface area contributed by atoms with Gasteiger partial charge in [0.1, 0.15) is 0 Å². The molecule has 112 valence electrons. The van der Waals surface area contributed by atoms with Crippen molar-refractivity contribution in [1.29, 1.82) is 0 Å². The van der Waals surface area contributed by atoms with Crippen molar-refractivity contribution in [3.8, 4) is 0 Å². The first-order valence-electron chi connectivity index (χ1n) is 7.25. The van der Waals surface area contributed by atoms with Gasteiger partial charge in [-0.05, 0) is 31.7 Å². The average Bonchev–Trinajstić information content (AvgIpc) is 2.48. The fraction of sp³-hybridized carbons (Fsp3) is 0.467. The molecular weight excluding hydrogens is 264 g/mol. The minimum absolute atomic E-state index is 0.734. The number of fused-ring (bicyclic) bond motifs is 1. The van der Waals surface area contributed by atoms with E-state index in [4.69, 9.17) is 10.8 Å². The largest absolute Gasteiger partial charge is 0.351 e. The predicted octanol–water partition coefficient (Wildman–Crippen LogP) is 0.341. The van der Waals surface area contributed by atoms with E-state index in [2.05, 4.69) is 34.8 Å². The summed E-state index contributed by atoms with van der Waals surface area (Å²) in [4.78, 5) is 13.8. The van der Waals surface area contributed by atoms with Crippen molar-refractivity contribution >= 4 is 16.9 Å². The molecule has 1 aliphatic rings. The van der Waals surface area contributed by atoms with Crippen molar-refractivity contribution < 1.29 is 0 Å². The zero-order valence-electron chi connectivity index (χ0n) is 12.9. The van der Waals surface area contributed by atoms with Crippen LogP contribution < -0.4 is 16.2 Å². The van der Waals surface area contributed by atoms with E-state index in [1.54, 1.807) is 11.7 Å². The number of hydrogen-bond acceptors (Lipinski definition) is 5.